The minimum Gasteiger partial charge on any atom is -0.480 e. The van der Waals surface area contributed by atoms with Gasteiger partial charge in [-0.3, -0.25) is 4.79 Å². The van der Waals surface area contributed by atoms with E-state index in [0.717, 1.165) is 49.1 Å². The second kappa shape index (κ2) is 14.3. The zero-order valence-electron chi connectivity index (χ0n) is 27.7. The van der Waals surface area contributed by atoms with Crippen LogP contribution in [0.1, 0.15) is 97.5 Å². The Balaban J connectivity index is 1.07. The molecule has 4 aliphatic rings. The fraction of sp³-hybridized carbons (Fsp3) is 0.703. The molecule has 3 fully saturated rings. The van der Waals surface area contributed by atoms with Crippen LogP contribution in [0.5, 0.6) is 0 Å². The number of alkyl carbamates (subject to hydrolysis) is 1. The molecule has 8 heteroatoms. The first-order valence-electron chi connectivity index (χ1n) is 17.3. The number of aliphatic carboxylic acids is 1. The summed E-state index contributed by atoms with van der Waals surface area (Å²) in [5.41, 5.74) is 3.00. The van der Waals surface area contributed by atoms with Gasteiger partial charge in [-0.2, -0.15) is 0 Å². The van der Waals surface area contributed by atoms with E-state index in [2.05, 4.69) is 37.5 Å². The SMILES string of the molecule is CC(=O)O[C@H]1CC[C@@]2(C)C(=CCC3[C@@H]4CC[C@H]([C@H](C)CNCCC[C@H](NC(=O)OCc5ccccc5)C(=O)O)[C@@]4(C)CC[C@@H]32)C1. The molecule has 0 saturated heterocycles. The highest BCUT2D eigenvalue weighted by molar-refractivity contribution is 5.79. The predicted octanol–water partition coefficient (Wildman–Crippen LogP) is 6.88. The van der Waals surface area contributed by atoms with Crippen molar-refractivity contribution in [1.29, 1.82) is 0 Å². The third-order valence-electron chi connectivity index (χ3n) is 12.3. The Morgan fingerprint density at radius 1 is 1.04 bits per heavy atom. The molecule has 4 aliphatic carbocycles. The first kappa shape index (κ1) is 33.5. The number of carboxylic acid groups (broad SMARTS) is 1. The van der Waals surface area contributed by atoms with Crippen molar-refractivity contribution < 1.29 is 29.0 Å². The Morgan fingerprint density at radius 2 is 1.82 bits per heavy atom. The lowest BCUT2D eigenvalue weighted by molar-refractivity contribution is -0.148. The maximum Gasteiger partial charge on any atom is 0.408 e. The number of ether oxygens (including phenoxy) is 2. The molecule has 1 amide bonds. The van der Waals surface area contributed by atoms with E-state index in [1.807, 2.05) is 30.3 Å². The molecule has 3 N–H and O–H groups in total. The minimum atomic E-state index is -1.04. The highest BCUT2D eigenvalue weighted by Gasteiger charge is 2.59. The van der Waals surface area contributed by atoms with Crippen LogP contribution in [0.2, 0.25) is 0 Å². The second-order valence-electron chi connectivity index (χ2n) is 14.9. The van der Waals surface area contributed by atoms with Gasteiger partial charge in [0.1, 0.15) is 18.8 Å². The Morgan fingerprint density at radius 3 is 2.56 bits per heavy atom. The number of hydrogen-bond acceptors (Lipinski definition) is 6. The van der Waals surface area contributed by atoms with E-state index in [1.54, 1.807) is 5.57 Å². The number of hydrogen-bond donors (Lipinski definition) is 3. The molecular weight excluding hydrogens is 568 g/mol. The van der Waals surface area contributed by atoms with Crippen LogP contribution >= 0.6 is 0 Å². The van der Waals surface area contributed by atoms with E-state index in [0.29, 0.717) is 36.6 Å². The molecule has 0 radical (unpaired) electrons. The Bertz CT molecular complexity index is 1230. The fourth-order valence-electron chi connectivity index (χ4n) is 10.0. The largest absolute Gasteiger partial charge is 0.480 e. The van der Waals surface area contributed by atoms with Gasteiger partial charge in [0.25, 0.3) is 0 Å². The number of carbonyl (C=O) groups is 3. The smallest absolute Gasteiger partial charge is 0.408 e. The number of rotatable bonds is 12. The molecular formula is C37H54N2O6. The molecule has 248 valence electrons. The monoisotopic (exact) mass is 622 g/mol. The van der Waals surface area contributed by atoms with E-state index in [4.69, 9.17) is 9.47 Å². The standard InChI is InChI=1S/C37H54N2O6/c1-24(22-38-20-8-11-33(34(41)42)39-35(43)44-23-26-9-6-5-7-10-26)30-14-15-31-29-13-12-27-21-28(45-25(2)40)16-18-36(27,3)32(29)17-19-37(30,31)4/h5-7,9-10,12,24,28-33,38H,8,11,13-23H2,1-4H3,(H,39,43)(H,41,42)/t24-,28+,29?,30-,31+,32+,33+,36+,37-/m1/s1. The van der Waals surface area contributed by atoms with E-state index >= 15 is 0 Å². The zero-order valence-corrected chi connectivity index (χ0v) is 27.7. The van der Waals surface area contributed by atoms with Crippen LogP contribution in [0, 0.1) is 40.4 Å². The maximum absolute atomic E-state index is 12.2. The second-order valence-corrected chi connectivity index (χ2v) is 14.9. The summed E-state index contributed by atoms with van der Waals surface area (Å²) in [5, 5.41) is 15.7. The van der Waals surface area contributed by atoms with Gasteiger partial charge in [0.05, 0.1) is 0 Å². The Kier molecular flexibility index (Phi) is 10.6. The van der Waals surface area contributed by atoms with Gasteiger partial charge >= 0.3 is 18.0 Å². The van der Waals surface area contributed by atoms with Crippen molar-refractivity contribution in [2.75, 3.05) is 13.1 Å². The van der Waals surface area contributed by atoms with Crippen molar-refractivity contribution >= 4 is 18.0 Å². The lowest BCUT2D eigenvalue weighted by Gasteiger charge is -2.58. The highest BCUT2D eigenvalue weighted by Crippen LogP contribution is 2.67. The van der Waals surface area contributed by atoms with Crippen LogP contribution in [0.4, 0.5) is 4.79 Å². The van der Waals surface area contributed by atoms with Crippen molar-refractivity contribution in [3.63, 3.8) is 0 Å². The highest BCUT2D eigenvalue weighted by atomic mass is 16.5. The summed E-state index contributed by atoms with van der Waals surface area (Å²) in [6.45, 7) is 10.7. The predicted molar refractivity (Wildman–Crippen MR) is 173 cm³/mol. The lowest BCUT2D eigenvalue weighted by Crippen LogP contribution is -2.51. The number of carbonyl (C=O) groups excluding carboxylic acids is 2. The van der Waals surface area contributed by atoms with Crippen molar-refractivity contribution in [2.45, 2.75) is 111 Å². The van der Waals surface area contributed by atoms with Gasteiger partial charge in [0.15, 0.2) is 0 Å². The average molecular weight is 623 g/mol. The van der Waals surface area contributed by atoms with Gasteiger partial charge in [-0.1, -0.05) is 62.8 Å². The molecule has 1 aromatic rings. The number of benzene rings is 1. The van der Waals surface area contributed by atoms with E-state index < -0.39 is 18.1 Å². The van der Waals surface area contributed by atoms with Crippen LogP contribution in [0.25, 0.3) is 0 Å². The summed E-state index contributed by atoms with van der Waals surface area (Å²) in [4.78, 5) is 35.5. The summed E-state index contributed by atoms with van der Waals surface area (Å²) in [5.74, 6) is 2.25. The first-order chi connectivity index (χ1) is 21.5. The van der Waals surface area contributed by atoms with Crippen LogP contribution in [-0.4, -0.2) is 48.4 Å². The number of carboxylic acids is 1. The number of fused-ring (bicyclic) bond motifs is 5. The van der Waals surface area contributed by atoms with Crippen molar-refractivity contribution in [2.24, 2.45) is 40.4 Å². The van der Waals surface area contributed by atoms with Gasteiger partial charge in [-0.05, 0) is 117 Å². The molecule has 45 heavy (non-hydrogen) atoms. The fourth-order valence-corrected chi connectivity index (χ4v) is 10.0. The van der Waals surface area contributed by atoms with Crippen molar-refractivity contribution in [1.82, 2.24) is 10.6 Å². The van der Waals surface area contributed by atoms with Crippen LogP contribution < -0.4 is 10.6 Å². The molecule has 9 atom stereocenters. The molecule has 0 spiro atoms. The van der Waals surface area contributed by atoms with E-state index in [9.17, 15) is 19.5 Å². The van der Waals surface area contributed by atoms with Gasteiger partial charge in [0, 0.05) is 13.3 Å². The molecule has 5 rings (SSSR count). The molecule has 1 aromatic carbocycles. The van der Waals surface area contributed by atoms with Gasteiger partial charge in [0.2, 0.25) is 0 Å². The van der Waals surface area contributed by atoms with Crippen LogP contribution in [-0.2, 0) is 25.7 Å². The van der Waals surface area contributed by atoms with Gasteiger partial charge < -0.3 is 25.2 Å². The van der Waals surface area contributed by atoms with Crippen LogP contribution in [0.15, 0.2) is 42.0 Å². The van der Waals surface area contributed by atoms with E-state index in [-0.39, 0.29) is 24.1 Å². The number of allylic oxidation sites excluding steroid dienone is 1. The minimum absolute atomic E-state index is 0.0455. The topological polar surface area (TPSA) is 114 Å². The number of nitrogens with one attached hydrogen (secondary N) is 2. The zero-order chi connectivity index (χ0) is 32.2. The molecule has 8 nitrogen and oxygen atoms in total. The van der Waals surface area contributed by atoms with Crippen molar-refractivity contribution in [3.05, 3.63) is 47.5 Å². The number of esters is 1. The summed E-state index contributed by atoms with van der Waals surface area (Å²) in [6, 6.07) is 8.36. The lowest BCUT2D eigenvalue weighted by atomic mass is 9.47. The summed E-state index contributed by atoms with van der Waals surface area (Å²) in [7, 11) is 0. The first-order valence-corrected chi connectivity index (χ1v) is 17.3. The molecule has 3 saturated carbocycles. The summed E-state index contributed by atoms with van der Waals surface area (Å²) >= 11 is 0. The molecule has 0 aliphatic heterocycles. The maximum atomic E-state index is 12.2. The van der Waals surface area contributed by atoms with Gasteiger partial charge in [-0.15, -0.1) is 0 Å². The summed E-state index contributed by atoms with van der Waals surface area (Å²) in [6.07, 6.45) is 12.2. The van der Waals surface area contributed by atoms with E-state index in [1.165, 1.54) is 39.0 Å². The quantitative estimate of drug-likeness (QED) is 0.132. The average Bonchev–Trinajstić information content (AvgIpc) is 3.37. The van der Waals surface area contributed by atoms with Gasteiger partial charge in [-0.25, -0.2) is 9.59 Å². The van der Waals surface area contributed by atoms with Crippen LogP contribution in [0.3, 0.4) is 0 Å². The molecule has 0 bridgehead atoms. The Labute approximate surface area is 269 Å². The molecule has 1 unspecified atom stereocenters. The third-order valence-corrected chi connectivity index (χ3v) is 12.3. The van der Waals surface area contributed by atoms with Crippen molar-refractivity contribution in [3.8, 4) is 0 Å². The summed E-state index contributed by atoms with van der Waals surface area (Å²) < 4.78 is 10.8. The molecule has 0 heterocycles. The normalized spacial score (nSPS) is 33.4. The number of amides is 1. The third kappa shape index (κ3) is 7.42. The Hall–Kier alpha value is -2.87. The molecule has 0 aromatic heterocycles.